The van der Waals surface area contributed by atoms with Gasteiger partial charge in [-0.05, 0) is 47.5 Å². The lowest BCUT2D eigenvalue weighted by Gasteiger charge is -2.17. The van der Waals surface area contributed by atoms with Crippen LogP contribution in [0.3, 0.4) is 0 Å². The molecule has 0 saturated carbocycles. The smallest absolute Gasteiger partial charge is 0.137 e. The average molecular weight is 413 g/mol. The SMILES string of the molecule is COc1c(Br)cc(Br)cc1CNC(C)c1ccc(C)cc1. The standard InChI is InChI=1S/C17H19Br2NO/c1-11-4-6-13(7-5-11)12(2)20-10-14-8-15(18)9-16(19)17(14)21-3/h4-9,12,20H,10H2,1-3H3. The fourth-order valence-corrected chi connectivity index (χ4v) is 3.69. The molecule has 0 saturated heterocycles. The Morgan fingerprint density at radius 2 is 1.81 bits per heavy atom. The van der Waals surface area contributed by atoms with Gasteiger partial charge in [0.05, 0.1) is 11.6 Å². The van der Waals surface area contributed by atoms with Crippen molar-refractivity contribution in [3.8, 4) is 5.75 Å². The molecule has 1 N–H and O–H groups in total. The molecule has 0 radical (unpaired) electrons. The molecule has 2 rings (SSSR count). The molecule has 2 aromatic rings. The van der Waals surface area contributed by atoms with Gasteiger partial charge < -0.3 is 10.1 Å². The van der Waals surface area contributed by atoms with Gasteiger partial charge in [-0.15, -0.1) is 0 Å². The predicted molar refractivity (Wildman–Crippen MR) is 94.8 cm³/mol. The number of nitrogens with one attached hydrogen (secondary N) is 1. The van der Waals surface area contributed by atoms with Crippen molar-refractivity contribution in [2.45, 2.75) is 26.4 Å². The number of methoxy groups -OCH3 is 1. The molecule has 0 fully saturated rings. The van der Waals surface area contributed by atoms with Crippen LogP contribution in [0.15, 0.2) is 45.3 Å². The van der Waals surface area contributed by atoms with Gasteiger partial charge in [-0.25, -0.2) is 0 Å². The molecule has 0 aromatic heterocycles. The van der Waals surface area contributed by atoms with Crippen LogP contribution in [0.4, 0.5) is 0 Å². The fourth-order valence-electron chi connectivity index (χ4n) is 2.21. The van der Waals surface area contributed by atoms with Gasteiger partial charge in [-0.1, -0.05) is 45.8 Å². The zero-order valence-corrected chi connectivity index (χ0v) is 15.6. The maximum absolute atomic E-state index is 5.48. The molecule has 21 heavy (non-hydrogen) atoms. The second-order valence-corrected chi connectivity index (χ2v) is 6.86. The highest BCUT2D eigenvalue weighted by molar-refractivity contribution is 9.11. The van der Waals surface area contributed by atoms with Crippen molar-refractivity contribution >= 4 is 31.9 Å². The Morgan fingerprint density at radius 1 is 1.14 bits per heavy atom. The summed E-state index contributed by atoms with van der Waals surface area (Å²) in [6.07, 6.45) is 0. The Kier molecular flexibility index (Phi) is 5.85. The quantitative estimate of drug-likeness (QED) is 0.711. The minimum absolute atomic E-state index is 0.285. The summed E-state index contributed by atoms with van der Waals surface area (Å²) in [5, 5.41) is 3.54. The van der Waals surface area contributed by atoms with Crippen LogP contribution in [0.5, 0.6) is 5.75 Å². The Morgan fingerprint density at radius 3 is 2.43 bits per heavy atom. The van der Waals surface area contributed by atoms with E-state index in [1.165, 1.54) is 11.1 Å². The van der Waals surface area contributed by atoms with E-state index in [0.29, 0.717) is 0 Å². The third-order valence-electron chi connectivity index (χ3n) is 3.47. The van der Waals surface area contributed by atoms with Crippen LogP contribution in [-0.2, 0) is 6.54 Å². The first kappa shape index (κ1) is 16.5. The molecule has 0 aliphatic rings. The summed E-state index contributed by atoms with van der Waals surface area (Å²) >= 11 is 7.06. The summed E-state index contributed by atoms with van der Waals surface area (Å²) in [7, 11) is 1.70. The monoisotopic (exact) mass is 411 g/mol. The van der Waals surface area contributed by atoms with Gasteiger partial charge in [0.2, 0.25) is 0 Å². The molecule has 2 nitrogen and oxygen atoms in total. The minimum atomic E-state index is 0.285. The minimum Gasteiger partial charge on any atom is -0.495 e. The molecule has 112 valence electrons. The maximum atomic E-state index is 5.48. The van der Waals surface area contributed by atoms with Gasteiger partial charge >= 0.3 is 0 Å². The summed E-state index contributed by atoms with van der Waals surface area (Å²) in [4.78, 5) is 0. The molecule has 0 aliphatic heterocycles. The summed E-state index contributed by atoms with van der Waals surface area (Å²) < 4.78 is 7.47. The van der Waals surface area contributed by atoms with E-state index in [4.69, 9.17) is 4.74 Å². The maximum Gasteiger partial charge on any atom is 0.137 e. The summed E-state index contributed by atoms with van der Waals surface area (Å²) in [5.41, 5.74) is 3.69. The highest BCUT2D eigenvalue weighted by Gasteiger charge is 2.11. The first-order valence-corrected chi connectivity index (χ1v) is 8.41. The van der Waals surface area contributed by atoms with Crippen molar-refractivity contribution in [3.05, 3.63) is 62.0 Å². The molecule has 0 heterocycles. The second-order valence-electron chi connectivity index (χ2n) is 5.09. The molecule has 0 aliphatic carbocycles. The number of hydrogen-bond acceptors (Lipinski definition) is 2. The van der Waals surface area contributed by atoms with Crippen molar-refractivity contribution in [2.75, 3.05) is 7.11 Å². The van der Waals surface area contributed by atoms with Gasteiger partial charge in [0, 0.05) is 22.6 Å². The second kappa shape index (κ2) is 7.43. The lowest BCUT2D eigenvalue weighted by molar-refractivity contribution is 0.403. The number of rotatable bonds is 5. The first-order valence-electron chi connectivity index (χ1n) is 6.83. The van der Waals surface area contributed by atoms with Crippen LogP contribution in [0.2, 0.25) is 0 Å². The molecule has 1 atom stereocenters. The van der Waals surface area contributed by atoms with Crippen LogP contribution in [0.25, 0.3) is 0 Å². The number of halogens is 2. The van der Waals surface area contributed by atoms with Gasteiger partial charge in [-0.3, -0.25) is 0 Å². The predicted octanol–water partition coefficient (Wildman–Crippen LogP) is 5.38. The van der Waals surface area contributed by atoms with Gasteiger partial charge in [0.25, 0.3) is 0 Å². The molecular weight excluding hydrogens is 394 g/mol. The summed E-state index contributed by atoms with van der Waals surface area (Å²) in [6.45, 7) is 5.02. The molecule has 0 bridgehead atoms. The third kappa shape index (κ3) is 4.31. The molecule has 0 amide bonds. The van der Waals surface area contributed by atoms with E-state index in [0.717, 1.165) is 26.8 Å². The highest BCUT2D eigenvalue weighted by atomic mass is 79.9. The zero-order valence-electron chi connectivity index (χ0n) is 12.4. The molecule has 1 unspecified atom stereocenters. The Bertz CT molecular complexity index is 611. The van der Waals surface area contributed by atoms with Crippen LogP contribution in [0, 0.1) is 6.92 Å². The summed E-state index contributed by atoms with van der Waals surface area (Å²) in [5.74, 6) is 0.877. The van der Waals surface area contributed by atoms with E-state index >= 15 is 0 Å². The van der Waals surface area contributed by atoms with Crippen LogP contribution in [-0.4, -0.2) is 7.11 Å². The average Bonchev–Trinajstić information content (AvgIpc) is 2.45. The van der Waals surface area contributed by atoms with Gasteiger partial charge in [-0.2, -0.15) is 0 Å². The summed E-state index contributed by atoms with van der Waals surface area (Å²) in [6, 6.07) is 13.0. The van der Waals surface area contributed by atoms with Gasteiger partial charge in [0.15, 0.2) is 0 Å². The van der Waals surface area contributed by atoms with E-state index in [1.807, 2.05) is 6.07 Å². The van der Waals surface area contributed by atoms with Crippen LogP contribution >= 0.6 is 31.9 Å². The highest BCUT2D eigenvalue weighted by Crippen LogP contribution is 2.33. The van der Waals surface area contributed by atoms with Crippen LogP contribution < -0.4 is 10.1 Å². The number of hydrogen-bond donors (Lipinski definition) is 1. The van der Waals surface area contributed by atoms with E-state index in [2.05, 4.69) is 81.4 Å². The third-order valence-corrected chi connectivity index (χ3v) is 4.51. The lowest BCUT2D eigenvalue weighted by atomic mass is 10.1. The van der Waals surface area contributed by atoms with Crippen molar-refractivity contribution in [1.82, 2.24) is 5.32 Å². The van der Waals surface area contributed by atoms with E-state index < -0.39 is 0 Å². The van der Waals surface area contributed by atoms with E-state index in [1.54, 1.807) is 7.11 Å². The van der Waals surface area contributed by atoms with Crippen molar-refractivity contribution in [3.63, 3.8) is 0 Å². The van der Waals surface area contributed by atoms with E-state index in [-0.39, 0.29) is 6.04 Å². The first-order chi connectivity index (χ1) is 10.0. The number of ether oxygens (including phenoxy) is 1. The topological polar surface area (TPSA) is 21.3 Å². The lowest BCUT2D eigenvalue weighted by Crippen LogP contribution is -2.18. The van der Waals surface area contributed by atoms with Crippen molar-refractivity contribution in [1.29, 1.82) is 0 Å². The van der Waals surface area contributed by atoms with Crippen molar-refractivity contribution < 1.29 is 4.74 Å². The zero-order chi connectivity index (χ0) is 15.4. The number of benzene rings is 2. The largest absolute Gasteiger partial charge is 0.495 e. The Balaban J connectivity index is 2.10. The Labute approximate surface area is 143 Å². The van der Waals surface area contributed by atoms with Crippen LogP contribution in [0.1, 0.15) is 29.7 Å². The molecule has 2 aromatic carbocycles. The van der Waals surface area contributed by atoms with Crippen molar-refractivity contribution in [2.24, 2.45) is 0 Å². The molecule has 4 heteroatoms. The molecular formula is C17H19Br2NO. The van der Waals surface area contributed by atoms with Gasteiger partial charge in [0.1, 0.15) is 5.75 Å². The normalized spacial score (nSPS) is 12.2. The van der Waals surface area contributed by atoms with E-state index in [9.17, 15) is 0 Å². The Hall–Kier alpha value is -0.840. The number of aryl methyl sites for hydroxylation is 1. The fraction of sp³-hybridized carbons (Fsp3) is 0.294. The molecule has 0 spiro atoms.